The van der Waals surface area contributed by atoms with Crippen LogP contribution in [0.1, 0.15) is 39.5 Å². The van der Waals surface area contributed by atoms with Gasteiger partial charge in [0, 0.05) is 0 Å². The molecule has 1 saturated carbocycles. The normalized spacial score (nSPS) is 26.7. The van der Waals surface area contributed by atoms with E-state index in [9.17, 15) is 4.57 Å². The summed E-state index contributed by atoms with van der Waals surface area (Å²) in [5, 5.41) is 0. The Morgan fingerprint density at radius 1 is 1.36 bits per heavy atom. The number of hydrogen-bond acceptors (Lipinski definition) is 2. The molecule has 0 heterocycles. The molecule has 0 N–H and O–H groups in total. The molecule has 2 nitrogen and oxygen atoms in total. The van der Waals surface area contributed by atoms with Gasteiger partial charge in [-0.15, -0.1) is 0 Å². The van der Waals surface area contributed by atoms with Crippen LogP contribution in [0.3, 0.4) is 0 Å². The summed E-state index contributed by atoms with van der Waals surface area (Å²) in [6, 6.07) is 0. The maximum atomic E-state index is 11.3. The van der Waals surface area contributed by atoms with Gasteiger partial charge in [0.1, 0.15) is 0 Å². The average Bonchev–Trinajstić information content (AvgIpc) is 1.91. The van der Waals surface area contributed by atoms with Gasteiger partial charge in [-0.1, -0.05) is 51.2 Å². The van der Waals surface area contributed by atoms with Gasteiger partial charge < -0.3 is 4.52 Å². The van der Waals surface area contributed by atoms with Crippen LogP contribution >= 0.6 is 30.3 Å². The molecule has 0 aromatic heterocycles. The fraction of sp³-hybridized carbons (Fsp3) is 1.00. The van der Waals surface area contributed by atoms with Crippen LogP contribution in [0.2, 0.25) is 0 Å². The van der Waals surface area contributed by atoms with Gasteiger partial charge >= 0.3 is 29.7 Å². The van der Waals surface area contributed by atoms with Gasteiger partial charge in [-0.25, -0.2) is 0 Å². The van der Waals surface area contributed by atoms with E-state index in [0.717, 1.165) is 19.3 Å². The van der Waals surface area contributed by atoms with E-state index in [2.05, 4.69) is 38.3 Å². The van der Waals surface area contributed by atoms with Crippen molar-refractivity contribution in [3.05, 3.63) is 0 Å². The summed E-state index contributed by atoms with van der Waals surface area (Å²) < 4.78 is 16.7. The number of hydrogen-bond donors (Lipinski definition) is 2. The molecule has 0 aliphatic heterocycles. The van der Waals surface area contributed by atoms with Crippen molar-refractivity contribution in [1.82, 2.24) is 0 Å². The third-order valence-electron chi connectivity index (χ3n) is 2.67. The van der Waals surface area contributed by atoms with Gasteiger partial charge in [0.15, 0.2) is 0 Å². The second kappa shape index (κ2) is 5.85. The first kappa shape index (κ1) is 15.7. The second-order valence-electron chi connectivity index (χ2n) is 4.32. The third kappa shape index (κ3) is 5.15. The van der Waals surface area contributed by atoms with Crippen LogP contribution in [0.5, 0.6) is 0 Å². The summed E-state index contributed by atoms with van der Waals surface area (Å²) in [5.74, 6) is -2.93. The summed E-state index contributed by atoms with van der Waals surface area (Å²) in [5.41, 5.74) is 0.110. The zero-order valence-electron chi connectivity index (χ0n) is 8.77. The van der Waals surface area contributed by atoms with Crippen molar-refractivity contribution >= 4 is 54.2 Å². The van der Waals surface area contributed by atoms with E-state index in [1.807, 2.05) is 0 Å². The Labute approximate surface area is 114 Å². The van der Waals surface area contributed by atoms with E-state index in [1.165, 1.54) is 6.42 Å². The molecule has 1 fully saturated rings. The van der Waals surface area contributed by atoms with Crippen molar-refractivity contribution in [2.45, 2.75) is 45.6 Å². The van der Waals surface area contributed by atoms with Crippen molar-refractivity contribution in [2.75, 3.05) is 0 Å². The molecule has 2 radical (unpaired) electrons. The van der Waals surface area contributed by atoms with Gasteiger partial charge in [-0.2, -0.15) is 0 Å². The maximum absolute atomic E-state index is 11.3. The van der Waals surface area contributed by atoms with E-state index < -0.39 is 5.77 Å². The van der Waals surface area contributed by atoms with E-state index in [1.54, 1.807) is 0 Å². The van der Waals surface area contributed by atoms with E-state index in [4.69, 9.17) is 4.52 Å². The molecule has 0 aromatic rings. The SMILES string of the molecule is CC1(C)CCCCC1OP(=O)(S)S.[SnH2]. The summed E-state index contributed by atoms with van der Waals surface area (Å²) >= 11 is 7.68. The Morgan fingerprint density at radius 2 is 1.93 bits per heavy atom. The van der Waals surface area contributed by atoms with Crippen LogP contribution in [0.25, 0.3) is 0 Å². The monoisotopic (exact) mass is 362 g/mol. The van der Waals surface area contributed by atoms with Crippen molar-refractivity contribution in [3.8, 4) is 0 Å². The molecule has 0 bridgehead atoms. The minimum atomic E-state index is -2.93. The first-order valence-corrected chi connectivity index (χ1v) is 8.48. The van der Waals surface area contributed by atoms with Gasteiger partial charge in [-0.05, 0) is 18.3 Å². The Morgan fingerprint density at radius 3 is 2.36 bits per heavy atom. The molecule has 0 saturated heterocycles. The van der Waals surface area contributed by atoms with Crippen molar-refractivity contribution < 1.29 is 9.09 Å². The Bertz CT molecular complexity index is 229. The molecule has 1 aliphatic carbocycles. The second-order valence-corrected chi connectivity index (χ2v) is 9.62. The summed E-state index contributed by atoms with van der Waals surface area (Å²) in [7, 11) is 0. The van der Waals surface area contributed by atoms with Crippen LogP contribution in [0.15, 0.2) is 0 Å². The molecule has 6 heteroatoms. The summed E-state index contributed by atoms with van der Waals surface area (Å²) in [4.78, 5) is 0. The average molecular weight is 361 g/mol. The summed E-state index contributed by atoms with van der Waals surface area (Å²) in [6.07, 6.45) is 4.52. The molecular formula is C8H19O2PS2Sn. The molecule has 1 atom stereocenters. The fourth-order valence-corrected chi connectivity index (χ4v) is 3.23. The van der Waals surface area contributed by atoms with E-state index in [-0.39, 0.29) is 35.4 Å². The third-order valence-corrected chi connectivity index (χ3v) is 3.77. The number of rotatable bonds is 2. The predicted molar refractivity (Wildman–Crippen MR) is 71.2 cm³/mol. The quantitative estimate of drug-likeness (QED) is 0.449. The Kier molecular flexibility index (Phi) is 6.56. The molecule has 14 heavy (non-hydrogen) atoms. The van der Waals surface area contributed by atoms with Gasteiger partial charge in [0.05, 0.1) is 6.10 Å². The molecule has 84 valence electrons. The summed E-state index contributed by atoms with van der Waals surface area (Å²) in [6.45, 7) is 4.29. The van der Waals surface area contributed by atoms with E-state index >= 15 is 0 Å². The topological polar surface area (TPSA) is 26.3 Å². The van der Waals surface area contributed by atoms with Crippen molar-refractivity contribution in [1.29, 1.82) is 0 Å². The molecular weight excluding hydrogens is 342 g/mol. The molecule has 0 spiro atoms. The van der Waals surface area contributed by atoms with E-state index in [0.29, 0.717) is 0 Å². The minimum absolute atomic E-state index is 0. The van der Waals surface area contributed by atoms with Crippen molar-refractivity contribution in [2.24, 2.45) is 5.41 Å². The van der Waals surface area contributed by atoms with Crippen LogP contribution in [-0.4, -0.2) is 30.0 Å². The predicted octanol–water partition coefficient (Wildman–Crippen LogP) is 3.02. The molecule has 0 amide bonds. The first-order valence-electron chi connectivity index (χ1n) is 4.55. The van der Waals surface area contributed by atoms with Gasteiger partial charge in [-0.3, -0.25) is 4.57 Å². The van der Waals surface area contributed by atoms with Crippen LogP contribution in [0, 0.1) is 5.41 Å². The zero-order chi connectivity index (χ0) is 10.1. The van der Waals surface area contributed by atoms with Crippen LogP contribution < -0.4 is 0 Å². The number of thiol groups is 2. The van der Waals surface area contributed by atoms with Crippen molar-refractivity contribution in [3.63, 3.8) is 0 Å². The fourth-order valence-electron chi connectivity index (χ4n) is 1.82. The van der Waals surface area contributed by atoms with Gasteiger partial charge in [0.25, 0.3) is 0 Å². The van der Waals surface area contributed by atoms with Gasteiger partial charge in [0.2, 0.25) is 0 Å². The Hall–Kier alpha value is 1.69. The first-order chi connectivity index (χ1) is 5.81. The van der Waals surface area contributed by atoms with Crippen LogP contribution in [-0.2, 0) is 9.09 Å². The molecule has 1 unspecified atom stereocenters. The Balaban J connectivity index is 0.00000169. The molecule has 0 aromatic carbocycles. The standard InChI is InChI=1S/C8H17O2PS2.Sn.2H/c1-8(2)6-4-3-5-7(8)10-11(9,12)13;;;/h7H,3-6H2,1-2H3,(H2,9,12,13);;;. The van der Waals surface area contributed by atoms with Crippen LogP contribution in [0.4, 0.5) is 0 Å². The zero-order valence-corrected chi connectivity index (χ0v) is 15.5. The molecule has 1 aliphatic rings. The molecule has 1 rings (SSSR count).